The maximum Gasteiger partial charge on any atom is 0.307 e. The molecule has 3 N–H and O–H groups in total. The summed E-state index contributed by atoms with van der Waals surface area (Å²) in [6.45, 7) is 1.97. The summed E-state index contributed by atoms with van der Waals surface area (Å²) in [6.07, 6.45) is 0.334. The molecule has 0 radical (unpaired) electrons. The molecule has 0 aliphatic heterocycles. The van der Waals surface area contributed by atoms with Crippen LogP contribution in [0.2, 0.25) is 0 Å². The van der Waals surface area contributed by atoms with Gasteiger partial charge in [0.05, 0.1) is 17.6 Å². The molecule has 0 bridgehead atoms. The Morgan fingerprint density at radius 2 is 2.00 bits per heavy atom. The van der Waals surface area contributed by atoms with Crippen molar-refractivity contribution in [3.8, 4) is 0 Å². The predicted octanol–water partition coefficient (Wildman–Crippen LogP) is -1.24. The second-order valence-corrected chi connectivity index (χ2v) is 5.82. The molecule has 1 saturated carbocycles. The van der Waals surface area contributed by atoms with Crippen LogP contribution in [0.3, 0.4) is 0 Å². The molecule has 2 unspecified atom stereocenters. The molecule has 0 aromatic heterocycles. The first-order valence-corrected chi connectivity index (χ1v) is 7.00. The molecule has 1 aliphatic carbocycles. The van der Waals surface area contributed by atoms with Gasteiger partial charge < -0.3 is 10.4 Å². The molecular weight excluding hydrogens is 248 g/mol. The summed E-state index contributed by atoms with van der Waals surface area (Å²) in [5.74, 6) is -2.68. The highest BCUT2D eigenvalue weighted by Gasteiger charge is 2.48. The fourth-order valence-corrected chi connectivity index (χ4v) is 2.44. The number of carbonyl (C=O) groups is 2. The van der Waals surface area contributed by atoms with Gasteiger partial charge in [0.1, 0.15) is 0 Å². The molecule has 1 rings (SSSR count). The summed E-state index contributed by atoms with van der Waals surface area (Å²) in [5, 5.41) is 11.0. The quantitative estimate of drug-likeness (QED) is 0.532. The molecule has 0 aromatic carbocycles. The monoisotopic (exact) mass is 264 g/mol. The number of hydrogen-bond acceptors (Lipinski definition) is 4. The van der Waals surface area contributed by atoms with Crippen molar-refractivity contribution >= 4 is 21.9 Å². The van der Waals surface area contributed by atoms with E-state index in [1.807, 2.05) is 0 Å². The Morgan fingerprint density at radius 3 is 2.47 bits per heavy atom. The van der Waals surface area contributed by atoms with Crippen molar-refractivity contribution in [3.05, 3.63) is 0 Å². The summed E-state index contributed by atoms with van der Waals surface area (Å²) < 4.78 is 24.7. The van der Waals surface area contributed by atoms with E-state index in [1.165, 1.54) is 0 Å². The van der Waals surface area contributed by atoms with Crippen molar-refractivity contribution in [2.75, 3.05) is 18.8 Å². The summed E-state index contributed by atoms with van der Waals surface area (Å²) in [5.41, 5.74) is 0. The summed E-state index contributed by atoms with van der Waals surface area (Å²) in [7, 11) is -3.34. The van der Waals surface area contributed by atoms with Crippen LogP contribution in [0.1, 0.15) is 13.3 Å². The first-order chi connectivity index (χ1) is 7.87. The Kier molecular flexibility index (Phi) is 4.47. The van der Waals surface area contributed by atoms with E-state index in [9.17, 15) is 18.0 Å². The van der Waals surface area contributed by atoms with E-state index in [-0.39, 0.29) is 18.2 Å². The zero-order valence-corrected chi connectivity index (χ0v) is 10.3. The highest BCUT2D eigenvalue weighted by molar-refractivity contribution is 7.89. The normalized spacial score (nSPS) is 23.1. The third-order valence-corrected chi connectivity index (χ3v) is 3.95. The van der Waals surface area contributed by atoms with Crippen LogP contribution in [0.25, 0.3) is 0 Å². The lowest BCUT2D eigenvalue weighted by Crippen LogP contribution is -2.35. The number of amides is 1. The van der Waals surface area contributed by atoms with Gasteiger partial charge in [-0.25, -0.2) is 13.1 Å². The third kappa shape index (κ3) is 4.31. The van der Waals surface area contributed by atoms with E-state index in [1.54, 1.807) is 6.92 Å². The van der Waals surface area contributed by atoms with Gasteiger partial charge in [-0.1, -0.05) is 6.92 Å². The Labute approximate surface area is 99.6 Å². The highest BCUT2D eigenvalue weighted by Crippen LogP contribution is 2.38. The van der Waals surface area contributed by atoms with Crippen molar-refractivity contribution < 1.29 is 23.1 Å². The second kappa shape index (κ2) is 5.46. The molecule has 8 heteroatoms. The minimum Gasteiger partial charge on any atom is -0.481 e. The van der Waals surface area contributed by atoms with E-state index in [0.29, 0.717) is 13.0 Å². The lowest BCUT2D eigenvalue weighted by molar-refractivity contribution is -0.140. The average molecular weight is 264 g/mol. The van der Waals surface area contributed by atoms with Crippen LogP contribution in [0.5, 0.6) is 0 Å². The lowest BCUT2D eigenvalue weighted by atomic mass is 10.3. The number of carbonyl (C=O) groups excluding carboxylic acids is 1. The summed E-state index contributed by atoms with van der Waals surface area (Å²) >= 11 is 0. The van der Waals surface area contributed by atoms with Crippen molar-refractivity contribution in [2.45, 2.75) is 13.3 Å². The van der Waals surface area contributed by atoms with Gasteiger partial charge in [0.25, 0.3) is 0 Å². The van der Waals surface area contributed by atoms with Crippen molar-refractivity contribution in [3.63, 3.8) is 0 Å². The smallest absolute Gasteiger partial charge is 0.307 e. The largest absolute Gasteiger partial charge is 0.481 e. The van der Waals surface area contributed by atoms with Gasteiger partial charge in [-0.2, -0.15) is 0 Å². The number of hydrogen-bond donors (Lipinski definition) is 3. The van der Waals surface area contributed by atoms with E-state index in [4.69, 9.17) is 5.11 Å². The molecular formula is C9H16N2O5S. The van der Waals surface area contributed by atoms with E-state index in [0.717, 1.165) is 0 Å². The third-order valence-electron chi connectivity index (χ3n) is 2.48. The molecule has 7 nitrogen and oxygen atoms in total. The fraction of sp³-hybridized carbons (Fsp3) is 0.778. The van der Waals surface area contributed by atoms with E-state index in [2.05, 4.69) is 10.0 Å². The minimum absolute atomic E-state index is 0.00297. The lowest BCUT2D eigenvalue weighted by Gasteiger charge is -2.05. The zero-order valence-electron chi connectivity index (χ0n) is 9.47. The van der Waals surface area contributed by atoms with Gasteiger partial charge in [-0.15, -0.1) is 0 Å². The van der Waals surface area contributed by atoms with Crippen LogP contribution in [0, 0.1) is 11.8 Å². The minimum atomic E-state index is -3.34. The van der Waals surface area contributed by atoms with Gasteiger partial charge in [0.15, 0.2) is 0 Å². The van der Waals surface area contributed by atoms with Crippen LogP contribution in [0.15, 0.2) is 0 Å². The van der Waals surface area contributed by atoms with Gasteiger partial charge in [-0.05, 0) is 6.42 Å². The van der Waals surface area contributed by atoms with Crippen LogP contribution in [0.4, 0.5) is 0 Å². The Bertz CT molecular complexity index is 406. The SMILES string of the molecule is CCNS(=O)(=O)CCNC(=O)C1CC1C(=O)O. The van der Waals surface area contributed by atoms with Crippen LogP contribution < -0.4 is 10.0 Å². The standard InChI is InChI=1S/C9H16N2O5S/c1-2-11-17(15,16)4-3-10-8(12)6-5-7(6)9(13)14/h6-7,11H,2-5H2,1H3,(H,10,12)(H,13,14). The van der Waals surface area contributed by atoms with Crippen LogP contribution in [-0.4, -0.2) is 44.2 Å². The van der Waals surface area contributed by atoms with Crippen molar-refractivity contribution in [1.82, 2.24) is 10.0 Å². The highest BCUT2D eigenvalue weighted by atomic mass is 32.2. The Balaban J connectivity index is 2.24. The predicted molar refractivity (Wildman–Crippen MR) is 59.7 cm³/mol. The summed E-state index contributed by atoms with van der Waals surface area (Å²) in [4.78, 5) is 21.9. The molecule has 1 amide bonds. The van der Waals surface area contributed by atoms with Gasteiger partial charge >= 0.3 is 5.97 Å². The molecule has 1 fully saturated rings. The number of rotatable bonds is 7. The number of aliphatic carboxylic acids is 1. The number of nitrogens with one attached hydrogen (secondary N) is 2. The Hall–Kier alpha value is -1.15. The maximum absolute atomic E-state index is 11.4. The number of sulfonamides is 1. The van der Waals surface area contributed by atoms with Crippen molar-refractivity contribution in [1.29, 1.82) is 0 Å². The van der Waals surface area contributed by atoms with Crippen molar-refractivity contribution in [2.24, 2.45) is 11.8 Å². The van der Waals surface area contributed by atoms with E-state index >= 15 is 0 Å². The maximum atomic E-state index is 11.4. The zero-order chi connectivity index (χ0) is 13.1. The van der Waals surface area contributed by atoms with Crippen LogP contribution >= 0.6 is 0 Å². The van der Waals surface area contributed by atoms with Gasteiger partial charge in [0, 0.05) is 13.1 Å². The topological polar surface area (TPSA) is 113 Å². The molecule has 2 atom stereocenters. The van der Waals surface area contributed by atoms with Gasteiger partial charge in [-0.3, -0.25) is 9.59 Å². The van der Waals surface area contributed by atoms with E-state index < -0.39 is 27.8 Å². The molecule has 0 heterocycles. The first-order valence-electron chi connectivity index (χ1n) is 5.35. The molecule has 17 heavy (non-hydrogen) atoms. The summed E-state index contributed by atoms with van der Waals surface area (Å²) in [6, 6.07) is 0. The second-order valence-electron chi connectivity index (χ2n) is 3.89. The molecule has 98 valence electrons. The molecule has 1 aliphatic rings. The fourth-order valence-electron chi connectivity index (χ4n) is 1.49. The van der Waals surface area contributed by atoms with Gasteiger partial charge in [0.2, 0.25) is 15.9 Å². The Morgan fingerprint density at radius 1 is 1.35 bits per heavy atom. The molecule has 0 spiro atoms. The number of carboxylic acid groups (broad SMARTS) is 1. The molecule has 0 saturated heterocycles. The number of carboxylic acids is 1. The van der Waals surface area contributed by atoms with Crippen LogP contribution in [-0.2, 0) is 19.6 Å². The molecule has 0 aromatic rings. The first kappa shape index (κ1) is 13.9. The average Bonchev–Trinajstić information content (AvgIpc) is 2.96.